The average Bonchev–Trinajstić information content (AvgIpc) is 2.63. The Kier molecular flexibility index (Phi) is 2.66. The summed E-state index contributed by atoms with van der Waals surface area (Å²) in [4.78, 5) is 0. The van der Waals surface area contributed by atoms with Gasteiger partial charge in [0.2, 0.25) is 0 Å². The second-order valence-corrected chi connectivity index (χ2v) is 3.42. The third kappa shape index (κ3) is 2.25. The van der Waals surface area contributed by atoms with Gasteiger partial charge in [-0.1, -0.05) is 13.8 Å². The van der Waals surface area contributed by atoms with Crippen molar-refractivity contribution < 1.29 is 9.13 Å². The first kappa shape index (κ1) is 7.99. The van der Waals surface area contributed by atoms with Crippen LogP contribution in [0.25, 0.3) is 0 Å². The van der Waals surface area contributed by atoms with Crippen LogP contribution in [0.2, 0.25) is 0 Å². The molecule has 0 aromatic carbocycles. The summed E-state index contributed by atoms with van der Waals surface area (Å²) in [5.74, 6) is 0.755. The summed E-state index contributed by atoms with van der Waals surface area (Å²) in [6, 6.07) is 0. The average molecular weight is 146 g/mol. The molecule has 2 atom stereocenters. The molecule has 1 fully saturated rings. The predicted octanol–water partition coefficient (Wildman–Crippen LogP) is 2.02. The first-order valence-corrected chi connectivity index (χ1v) is 3.91. The number of epoxide rings is 1. The Bertz CT molecular complexity index is 99.4. The topological polar surface area (TPSA) is 12.5 Å². The van der Waals surface area contributed by atoms with Gasteiger partial charge in [0.05, 0.1) is 19.4 Å². The van der Waals surface area contributed by atoms with Crippen LogP contribution in [0.4, 0.5) is 4.39 Å². The van der Waals surface area contributed by atoms with Gasteiger partial charge in [-0.15, -0.1) is 0 Å². The van der Waals surface area contributed by atoms with Crippen LogP contribution in [0.3, 0.4) is 0 Å². The summed E-state index contributed by atoms with van der Waals surface area (Å²) < 4.78 is 17.3. The zero-order valence-electron chi connectivity index (χ0n) is 6.64. The van der Waals surface area contributed by atoms with Crippen molar-refractivity contribution in [3.05, 3.63) is 0 Å². The van der Waals surface area contributed by atoms with Crippen molar-refractivity contribution in [1.29, 1.82) is 0 Å². The minimum Gasteiger partial charge on any atom is -0.373 e. The van der Waals surface area contributed by atoms with Crippen LogP contribution < -0.4 is 0 Å². The lowest BCUT2D eigenvalue weighted by Gasteiger charge is -2.11. The van der Waals surface area contributed by atoms with Gasteiger partial charge in [0, 0.05) is 5.92 Å². The van der Waals surface area contributed by atoms with E-state index in [1.807, 2.05) is 0 Å². The molecule has 1 aliphatic heterocycles. The highest BCUT2D eigenvalue weighted by molar-refractivity contribution is 4.79. The molecule has 0 N–H and O–H groups in total. The highest BCUT2D eigenvalue weighted by Gasteiger charge is 2.32. The van der Waals surface area contributed by atoms with Crippen molar-refractivity contribution in [2.45, 2.75) is 26.4 Å². The van der Waals surface area contributed by atoms with Gasteiger partial charge in [0.1, 0.15) is 0 Å². The minimum absolute atomic E-state index is 0.167. The molecule has 0 aromatic heterocycles. The van der Waals surface area contributed by atoms with Crippen molar-refractivity contribution in [1.82, 2.24) is 0 Å². The highest BCUT2D eigenvalue weighted by atomic mass is 19.1. The Morgan fingerprint density at radius 1 is 1.60 bits per heavy atom. The maximum absolute atomic E-state index is 12.2. The quantitative estimate of drug-likeness (QED) is 0.553. The van der Waals surface area contributed by atoms with Crippen LogP contribution in [0.1, 0.15) is 20.3 Å². The third-order valence-electron chi connectivity index (χ3n) is 1.86. The molecule has 60 valence electrons. The molecule has 1 aliphatic rings. The van der Waals surface area contributed by atoms with E-state index in [9.17, 15) is 4.39 Å². The Hall–Kier alpha value is -0.110. The van der Waals surface area contributed by atoms with Gasteiger partial charge in [-0.05, 0) is 12.3 Å². The van der Waals surface area contributed by atoms with Crippen molar-refractivity contribution in [2.75, 3.05) is 13.3 Å². The van der Waals surface area contributed by atoms with E-state index in [1.165, 1.54) is 0 Å². The summed E-state index contributed by atoms with van der Waals surface area (Å²) >= 11 is 0. The van der Waals surface area contributed by atoms with Gasteiger partial charge in [-0.3, -0.25) is 4.39 Å². The maximum Gasteiger partial charge on any atom is 0.0948 e. The monoisotopic (exact) mass is 146 g/mol. The summed E-state index contributed by atoms with van der Waals surface area (Å²) in [6.07, 6.45) is 1.20. The lowest BCUT2D eigenvalue weighted by atomic mass is 9.96. The largest absolute Gasteiger partial charge is 0.373 e. The number of alkyl halides is 1. The third-order valence-corrected chi connectivity index (χ3v) is 1.86. The molecular formula is C8H15FO. The minimum atomic E-state index is -0.219. The number of rotatable bonds is 4. The van der Waals surface area contributed by atoms with E-state index in [-0.39, 0.29) is 18.7 Å². The Morgan fingerprint density at radius 2 is 2.20 bits per heavy atom. The summed E-state index contributed by atoms with van der Waals surface area (Å²) in [5, 5.41) is 0. The summed E-state index contributed by atoms with van der Waals surface area (Å²) in [7, 11) is 0. The van der Waals surface area contributed by atoms with Crippen molar-refractivity contribution in [2.24, 2.45) is 11.8 Å². The van der Waals surface area contributed by atoms with E-state index in [0.29, 0.717) is 5.92 Å². The molecule has 1 heterocycles. The fraction of sp³-hybridized carbons (Fsp3) is 1.00. The number of hydrogen-bond donors (Lipinski definition) is 0. The van der Waals surface area contributed by atoms with Crippen LogP contribution >= 0.6 is 0 Å². The lowest BCUT2D eigenvalue weighted by molar-refractivity contribution is 0.243. The second-order valence-electron chi connectivity index (χ2n) is 3.42. The number of hydrogen-bond acceptors (Lipinski definition) is 1. The van der Waals surface area contributed by atoms with E-state index in [1.54, 1.807) is 0 Å². The number of ether oxygens (including phenoxy) is 1. The first-order valence-electron chi connectivity index (χ1n) is 3.91. The molecule has 0 amide bonds. The molecule has 0 radical (unpaired) electrons. The molecule has 0 bridgehead atoms. The highest BCUT2D eigenvalue weighted by Crippen LogP contribution is 2.26. The van der Waals surface area contributed by atoms with E-state index in [2.05, 4.69) is 13.8 Å². The molecular weight excluding hydrogens is 131 g/mol. The maximum atomic E-state index is 12.2. The second kappa shape index (κ2) is 3.33. The molecule has 0 spiro atoms. The van der Waals surface area contributed by atoms with E-state index in [4.69, 9.17) is 4.74 Å². The fourth-order valence-corrected chi connectivity index (χ4v) is 1.25. The van der Waals surface area contributed by atoms with Crippen molar-refractivity contribution in [3.8, 4) is 0 Å². The summed E-state index contributed by atoms with van der Waals surface area (Å²) in [5.41, 5.74) is 0. The van der Waals surface area contributed by atoms with E-state index >= 15 is 0 Å². The van der Waals surface area contributed by atoms with Gasteiger partial charge in [-0.2, -0.15) is 0 Å². The van der Waals surface area contributed by atoms with Crippen LogP contribution in [-0.4, -0.2) is 19.4 Å². The molecule has 2 unspecified atom stereocenters. The van der Waals surface area contributed by atoms with Crippen molar-refractivity contribution in [3.63, 3.8) is 0 Å². The Balaban J connectivity index is 2.19. The van der Waals surface area contributed by atoms with Gasteiger partial charge in [0.25, 0.3) is 0 Å². The zero-order valence-corrected chi connectivity index (χ0v) is 6.64. The molecule has 1 saturated heterocycles. The molecule has 0 aromatic rings. The first-order chi connectivity index (χ1) is 4.74. The molecule has 1 nitrogen and oxygen atoms in total. The fourth-order valence-electron chi connectivity index (χ4n) is 1.25. The zero-order chi connectivity index (χ0) is 7.56. The van der Waals surface area contributed by atoms with Crippen LogP contribution in [0.5, 0.6) is 0 Å². The van der Waals surface area contributed by atoms with E-state index in [0.717, 1.165) is 13.0 Å². The standard InChI is InChI=1S/C8H15FO/c1-6(2)3-7(4-9)8-5-10-8/h6-8H,3-5H2,1-2H3. The van der Waals surface area contributed by atoms with Crippen LogP contribution in [0, 0.1) is 11.8 Å². The van der Waals surface area contributed by atoms with Crippen LogP contribution in [-0.2, 0) is 4.74 Å². The summed E-state index contributed by atoms with van der Waals surface area (Å²) in [6.45, 7) is 4.79. The molecule has 1 rings (SSSR count). The van der Waals surface area contributed by atoms with Gasteiger partial charge < -0.3 is 4.74 Å². The molecule has 0 aliphatic carbocycles. The molecule has 10 heavy (non-hydrogen) atoms. The lowest BCUT2D eigenvalue weighted by Crippen LogP contribution is -2.13. The normalized spacial score (nSPS) is 27.0. The predicted molar refractivity (Wildman–Crippen MR) is 38.7 cm³/mol. The van der Waals surface area contributed by atoms with Crippen LogP contribution in [0.15, 0.2) is 0 Å². The van der Waals surface area contributed by atoms with Crippen molar-refractivity contribution >= 4 is 0 Å². The van der Waals surface area contributed by atoms with E-state index < -0.39 is 0 Å². The SMILES string of the molecule is CC(C)CC(CF)C1CO1. The van der Waals surface area contributed by atoms with Gasteiger partial charge >= 0.3 is 0 Å². The smallest absolute Gasteiger partial charge is 0.0948 e. The Labute approximate surface area is 61.6 Å². The van der Waals surface area contributed by atoms with Gasteiger partial charge in [-0.25, -0.2) is 0 Å². The van der Waals surface area contributed by atoms with Gasteiger partial charge in [0.15, 0.2) is 0 Å². The number of halogens is 1. The Morgan fingerprint density at radius 3 is 2.50 bits per heavy atom. The molecule has 2 heteroatoms. The molecule has 0 saturated carbocycles.